The van der Waals surface area contributed by atoms with Gasteiger partial charge in [-0.1, -0.05) is 6.92 Å². The summed E-state index contributed by atoms with van der Waals surface area (Å²) < 4.78 is 1.64. The first kappa shape index (κ1) is 12.3. The lowest BCUT2D eigenvalue weighted by Crippen LogP contribution is -2.23. The third kappa shape index (κ3) is 2.37. The van der Waals surface area contributed by atoms with Crippen molar-refractivity contribution in [3.63, 3.8) is 0 Å². The molecular formula is C12H14BrN3OS. The maximum absolute atomic E-state index is 11.9. The number of hydrogen-bond acceptors (Lipinski definition) is 4. The summed E-state index contributed by atoms with van der Waals surface area (Å²) in [6.45, 7) is 5.18. The number of nitrogens with one attached hydrogen (secondary N) is 1. The molecule has 0 radical (unpaired) electrons. The van der Waals surface area contributed by atoms with Crippen LogP contribution in [-0.4, -0.2) is 28.0 Å². The van der Waals surface area contributed by atoms with Gasteiger partial charge >= 0.3 is 0 Å². The Hall–Kier alpha value is -0.720. The third-order valence-electron chi connectivity index (χ3n) is 3.28. The van der Waals surface area contributed by atoms with Crippen LogP contribution >= 0.6 is 27.3 Å². The van der Waals surface area contributed by atoms with Crippen LogP contribution in [0.15, 0.2) is 14.6 Å². The Morgan fingerprint density at radius 3 is 3.22 bits per heavy atom. The molecule has 0 bridgehead atoms. The van der Waals surface area contributed by atoms with Crippen LogP contribution in [0.5, 0.6) is 0 Å². The lowest BCUT2D eigenvalue weighted by atomic mass is 10.2. The largest absolute Gasteiger partial charge is 0.308 e. The monoisotopic (exact) mass is 327 g/mol. The first-order valence-corrected chi connectivity index (χ1v) is 7.63. The van der Waals surface area contributed by atoms with Crippen molar-refractivity contribution in [2.75, 3.05) is 13.1 Å². The first-order valence-electron chi connectivity index (χ1n) is 6.02. The Labute approximate surface area is 117 Å². The number of fused-ring (bicyclic) bond motifs is 1. The summed E-state index contributed by atoms with van der Waals surface area (Å²) in [6, 6.07) is 1.91. The number of nitrogens with zero attached hydrogens (tertiary/aromatic N) is 2. The summed E-state index contributed by atoms with van der Waals surface area (Å²) >= 11 is 4.82. The van der Waals surface area contributed by atoms with Gasteiger partial charge in [-0.2, -0.15) is 0 Å². The number of hydrogen-bond donors (Lipinski definition) is 1. The topological polar surface area (TPSA) is 49.0 Å². The molecule has 6 heteroatoms. The van der Waals surface area contributed by atoms with Crippen molar-refractivity contribution < 1.29 is 0 Å². The highest BCUT2D eigenvalue weighted by atomic mass is 79.9. The summed E-state index contributed by atoms with van der Waals surface area (Å²) in [6.07, 6.45) is 1.23. The van der Waals surface area contributed by atoms with E-state index in [1.54, 1.807) is 0 Å². The van der Waals surface area contributed by atoms with E-state index in [0.29, 0.717) is 4.70 Å². The Morgan fingerprint density at radius 1 is 1.67 bits per heavy atom. The predicted molar refractivity (Wildman–Crippen MR) is 77.0 cm³/mol. The van der Waals surface area contributed by atoms with E-state index in [4.69, 9.17) is 0 Å². The number of aromatic nitrogens is 2. The predicted octanol–water partition coefficient (Wildman–Crippen LogP) is 2.59. The molecule has 1 atom stereocenters. The third-order valence-corrected chi connectivity index (χ3v) is 4.91. The Balaban J connectivity index is 1.90. The van der Waals surface area contributed by atoms with E-state index in [1.807, 2.05) is 6.07 Å². The molecule has 1 fully saturated rings. The number of likely N-dealkylation sites (tertiary alicyclic amines) is 1. The molecule has 1 saturated heterocycles. The number of H-pyrrole nitrogens is 1. The van der Waals surface area contributed by atoms with Crippen molar-refractivity contribution >= 4 is 37.5 Å². The van der Waals surface area contributed by atoms with Crippen LogP contribution in [0.1, 0.15) is 19.2 Å². The Kier molecular flexibility index (Phi) is 3.25. The number of rotatable bonds is 2. The van der Waals surface area contributed by atoms with Crippen LogP contribution in [0.25, 0.3) is 10.2 Å². The highest BCUT2D eigenvalue weighted by Crippen LogP contribution is 2.26. The SMILES string of the molecule is C[C@H]1CCN(Cc2nc3cc(Br)sc3c(=O)[nH]2)C1. The molecule has 3 heterocycles. The summed E-state index contributed by atoms with van der Waals surface area (Å²) in [5.74, 6) is 1.52. The van der Waals surface area contributed by atoms with Gasteiger partial charge in [0.05, 0.1) is 15.8 Å². The minimum absolute atomic E-state index is 0.0297. The number of aromatic amines is 1. The average molecular weight is 328 g/mol. The van der Waals surface area contributed by atoms with E-state index >= 15 is 0 Å². The molecule has 4 nitrogen and oxygen atoms in total. The van der Waals surface area contributed by atoms with Crippen LogP contribution in [0.4, 0.5) is 0 Å². The number of halogens is 1. The quantitative estimate of drug-likeness (QED) is 0.922. The molecule has 3 rings (SSSR count). The van der Waals surface area contributed by atoms with Crippen LogP contribution in [-0.2, 0) is 6.54 Å². The van der Waals surface area contributed by atoms with Gasteiger partial charge in [0, 0.05) is 6.54 Å². The molecule has 0 unspecified atom stereocenters. The summed E-state index contributed by atoms with van der Waals surface area (Å²) in [5.41, 5.74) is 0.760. The molecule has 1 aliphatic heterocycles. The van der Waals surface area contributed by atoms with Gasteiger partial charge in [-0.15, -0.1) is 11.3 Å². The molecule has 0 spiro atoms. The van der Waals surface area contributed by atoms with Gasteiger partial charge in [-0.25, -0.2) is 4.98 Å². The van der Waals surface area contributed by atoms with Gasteiger partial charge in [0.1, 0.15) is 10.5 Å². The zero-order valence-electron chi connectivity index (χ0n) is 10.1. The zero-order valence-corrected chi connectivity index (χ0v) is 12.5. The molecule has 1 aliphatic rings. The van der Waals surface area contributed by atoms with Crippen molar-refractivity contribution in [2.24, 2.45) is 5.92 Å². The molecule has 0 aliphatic carbocycles. The second-order valence-electron chi connectivity index (χ2n) is 4.91. The average Bonchev–Trinajstić information content (AvgIpc) is 2.85. The highest BCUT2D eigenvalue weighted by molar-refractivity contribution is 9.11. The molecule has 1 N–H and O–H groups in total. The molecule has 0 aromatic carbocycles. The second-order valence-corrected chi connectivity index (χ2v) is 7.34. The van der Waals surface area contributed by atoms with Crippen LogP contribution in [0.3, 0.4) is 0 Å². The number of thiophene rings is 1. The smallest absolute Gasteiger partial charge is 0.268 e. The molecule has 0 saturated carbocycles. The van der Waals surface area contributed by atoms with E-state index in [2.05, 4.69) is 37.7 Å². The molecular weight excluding hydrogens is 314 g/mol. The fourth-order valence-corrected chi connectivity index (χ4v) is 3.84. The van der Waals surface area contributed by atoms with E-state index < -0.39 is 0 Å². The fraction of sp³-hybridized carbons (Fsp3) is 0.500. The fourth-order valence-electron chi connectivity index (χ4n) is 2.42. The van der Waals surface area contributed by atoms with Gasteiger partial charge in [-0.05, 0) is 40.9 Å². The standard InChI is InChI=1S/C12H14BrN3OS/c1-7-2-3-16(5-7)6-10-14-8-4-9(13)18-11(8)12(17)15-10/h4,7H,2-3,5-6H2,1H3,(H,14,15,17)/t7-/m0/s1. The van der Waals surface area contributed by atoms with Gasteiger partial charge < -0.3 is 4.98 Å². The molecule has 2 aromatic heterocycles. The van der Waals surface area contributed by atoms with E-state index in [9.17, 15) is 4.79 Å². The summed E-state index contributed by atoms with van der Waals surface area (Å²) in [7, 11) is 0. The lowest BCUT2D eigenvalue weighted by Gasteiger charge is -2.13. The van der Waals surface area contributed by atoms with Gasteiger partial charge in [0.15, 0.2) is 0 Å². The van der Waals surface area contributed by atoms with E-state index in [0.717, 1.165) is 40.7 Å². The van der Waals surface area contributed by atoms with Crippen molar-refractivity contribution in [3.05, 3.63) is 26.0 Å². The van der Waals surface area contributed by atoms with Crippen molar-refractivity contribution in [1.82, 2.24) is 14.9 Å². The van der Waals surface area contributed by atoms with Gasteiger partial charge in [-0.3, -0.25) is 9.69 Å². The summed E-state index contributed by atoms with van der Waals surface area (Å²) in [5, 5.41) is 0. The molecule has 0 amide bonds. The first-order chi connectivity index (χ1) is 8.61. The van der Waals surface area contributed by atoms with Crippen molar-refractivity contribution in [3.8, 4) is 0 Å². The second kappa shape index (κ2) is 4.75. The Morgan fingerprint density at radius 2 is 2.50 bits per heavy atom. The van der Waals surface area contributed by atoms with Crippen LogP contribution < -0.4 is 5.56 Å². The molecule has 2 aromatic rings. The van der Waals surface area contributed by atoms with Gasteiger partial charge in [0.2, 0.25) is 0 Å². The van der Waals surface area contributed by atoms with E-state index in [1.165, 1.54) is 17.8 Å². The minimum atomic E-state index is -0.0297. The normalized spacial score (nSPS) is 20.9. The highest BCUT2D eigenvalue weighted by Gasteiger charge is 2.19. The van der Waals surface area contributed by atoms with Crippen molar-refractivity contribution in [1.29, 1.82) is 0 Å². The minimum Gasteiger partial charge on any atom is -0.308 e. The lowest BCUT2D eigenvalue weighted by molar-refractivity contribution is 0.312. The van der Waals surface area contributed by atoms with Crippen LogP contribution in [0.2, 0.25) is 0 Å². The summed E-state index contributed by atoms with van der Waals surface area (Å²) in [4.78, 5) is 21.7. The van der Waals surface area contributed by atoms with Crippen molar-refractivity contribution in [2.45, 2.75) is 19.9 Å². The maximum Gasteiger partial charge on any atom is 0.268 e. The Bertz CT molecular complexity index is 636. The zero-order chi connectivity index (χ0) is 12.7. The molecule has 18 heavy (non-hydrogen) atoms. The van der Waals surface area contributed by atoms with Crippen LogP contribution in [0, 0.1) is 5.92 Å². The maximum atomic E-state index is 11.9. The van der Waals surface area contributed by atoms with E-state index in [-0.39, 0.29) is 5.56 Å². The van der Waals surface area contributed by atoms with Gasteiger partial charge in [0.25, 0.3) is 5.56 Å². The molecule has 96 valence electrons.